The molecule has 0 radical (unpaired) electrons. The summed E-state index contributed by atoms with van der Waals surface area (Å²) in [7, 11) is 0. The van der Waals surface area contributed by atoms with Crippen LogP contribution in [0.1, 0.15) is 25.5 Å². The molecule has 0 spiro atoms. The first kappa shape index (κ1) is 16.1. The van der Waals surface area contributed by atoms with E-state index in [-0.39, 0.29) is 0 Å². The summed E-state index contributed by atoms with van der Waals surface area (Å²) in [5, 5.41) is 9.29. The Morgan fingerprint density at radius 2 is 2.04 bits per heavy atom. The first-order valence-electron chi connectivity index (χ1n) is 7.61. The van der Waals surface area contributed by atoms with Gasteiger partial charge in [-0.2, -0.15) is 0 Å². The summed E-state index contributed by atoms with van der Waals surface area (Å²) in [6.07, 6.45) is 3.85. The topological polar surface area (TPSA) is 66.3 Å². The lowest BCUT2D eigenvalue weighted by Crippen LogP contribution is -2.40. The van der Waals surface area contributed by atoms with Crippen molar-refractivity contribution in [1.29, 1.82) is 0 Å². The van der Waals surface area contributed by atoms with Crippen LogP contribution < -0.4 is 0 Å². The lowest BCUT2D eigenvalue weighted by atomic mass is 10.2. The Labute approximate surface area is 143 Å². The maximum absolute atomic E-state index is 11.3. The molecule has 1 N–H and O–H groups in total. The molecule has 0 bridgehead atoms. The van der Waals surface area contributed by atoms with Crippen LogP contribution in [0.15, 0.2) is 41.0 Å². The van der Waals surface area contributed by atoms with Crippen LogP contribution in [0.4, 0.5) is 0 Å². The van der Waals surface area contributed by atoms with E-state index in [1.807, 2.05) is 35.2 Å². The smallest absolute Gasteiger partial charge is 0.320 e. The molecule has 1 saturated carbocycles. The van der Waals surface area contributed by atoms with Crippen LogP contribution in [0.25, 0.3) is 11.4 Å². The van der Waals surface area contributed by atoms with Gasteiger partial charge in [-0.05, 0) is 38.0 Å². The molecular formula is C17H18BrN3O2. The molecule has 23 heavy (non-hydrogen) atoms. The highest BCUT2D eigenvalue weighted by molar-refractivity contribution is 9.10. The van der Waals surface area contributed by atoms with E-state index in [0.717, 1.165) is 28.6 Å². The molecule has 1 unspecified atom stereocenters. The van der Waals surface area contributed by atoms with Gasteiger partial charge in [0.1, 0.15) is 6.04 Å². The van der Waals surface area contributed by atoms with Crippen LogP contribution in [-0.4, -0.2) is 38.0 Å². The van der Waals surface area contributed by atoms with Gasteiger partial charge < -0.3 is 5.11 Å². The Balaban J connectivity index is 1.81. The van der Waals surface area contributed by atoms with Crippen molar-refractivity contribution in [3.8, 4) is 11.4 Å². The molecule has 1 atom stereocenters. The number of rotatable bonds is 6. The van der Waals surface area contributed by atoms with Gasteiger partial charge in [0.25, 0.3) is 0 Å². The average molecular weight is 376 g/mol. The monoisotopic (exact) mass is 375 g/mol. The summed E-state index contributed by atoms with van der Waals surface area (Å²) >= 11 is 3.41. The highest BCUT2D eigenvalue weighted by atomic mass is 79.9. The standard InChI is InChI=1S/C17H18BrN3O2/c1-11(17(22)23)21(15-6-7-15)10-14-8-9-19-16(20-14)12-2-4-13(18)5-3-12/h2-5,8-9,11,15H,6-7,10H2,1H3,(H,22,23). The Hall–Kier alpha value is -1.79. The number of hydrogen-bond acceptors (Lipinski definition) is 4. The van der Waals surface area contributed by atoms with E-state index in [0.29, 0.717) is 18.4 Å². The second kappa shape index (κ2) is 6.76. The highest BCUT2D eigenvalue weighted by Crippen LogP contribution is 2.30. The number of halogens is 1. The lowest BCUT2D eigenvalue weighted by molar-refractivity contribution is -0.143. The molecule has 1 heterocycles. The molecular weight excluding hydrogens is 358 g/mol. The van der Waals surface area contributed by atoms with E-state index in [4.69, 9.17) is 0 Å². The number of aromatic nitrogens is 2. The van der Waals surface area contributed by atoms with Crippen LogP contribution in [0.3, 0.4) is 0 Å². The normalized spacial score (nSPS) is 15.6. The van der Waals surface area contributed by atoms with E-state index in [9.17, 15) is 9.90 Å². The van der Waals surface area contributed by atoms with Crippen LogP contribution in [0.5, 0.6) is 0 Å². The number of carboxylic acid groups (broad SMARTS) is 1. The van der Waals surface area contributed by atoms with Crippen molar-refractivity contribution in [2.75, 3.05) is 0 Å². The Morgan fingerprint density at radius 1 is 1.35 bits per heavy atom. The number of nitrogens with zero attached hydrogens (tertiary/aromatic N) is 3. The predicted molar refractivity (Wildman–Crippen MR) is 90.8 cm³/mol. The van der Waals surface area contributed by atoms with E-state index >= 15 is 0 Å². The summed E-state index contributed by atoms with van der Waals surface area (Å²) in [6, 6.07) is 9.53. The van der Waals surface area contributed by atoms with Gasteiger partial charge in [0.2, 0.25) is 0 Å². The molecule has 120 valence electrons. The summed E-state index contributed by atoms with van der Waals surface area (Å²) < 4.78 is 1.01. The number of benzene rings is 1. The van der Waals surface area contributed by atoms with Gasteiger partial charge in [-0.25, -0.2) is 9.97 Å². The zero-order chi connectivity index (χ0) is 16.4. The van der Waals surface area contributed by atoms with Gasteiger partial charge >= 0.3 is 5.97 Å². The first-order valence-corrected chi connectivity index (χ1v) is 8.40. The molecule has 1 fully saturated rings. The predicted octanol–water partition coefficient (Wildman–Crippen LogP) is 3.34. The van der Waals surface area contributed by atoms with Crippen molar-refractivity contribution in [3.63, 3.8) is 0 Å². The van der Waals surface area contributed by atoms with Gasteiger partial charge in [0, 0.05) is 28.8 Å². The van der Waals surface area contributed by atoms with Crippen molar-refractivity contribution in [1.82, 2.24) is 14.9 Å². The largest absolute Gasteiger partial charge is 0.480 e. The highest BCUT2D eigenvalue weighted by Gasteiger charge is 2.35. The molecule has 2 aromatic rings. The fourth-order valence-electron chi connectivity index (χ4n) is 2.54. The first-order chi connectivity index (χ1) is 11.0. The van der Waals surface area contributed by atoms with Crippen LogP contribution in [-0.2, 0) is 11.3 Å². The minimum absolute atomic E-state index is 0.354. The molecule has 0 amide bonds. The number of carbonyl (C=O) groups is 1. The third kappa shape index (κ3) is 3.95. The van der Waals surface area contributed by atoms with Crippen molar-refractivity contribution < 1.29 is 9.90 Å². The third-order valence-electron chi connectivity index (χ3n) is 4.03. The molecule has 1 aromatic carbocycles. The van der Waals surface area contributed by atoms with Crippen molar-refractivity contribution in [2.45, 2.75) is 38.4 Å². The maximum Gasteiger partial charge on any atom is 0.320 e. The summed E-state index contributed by atoms with van der Waals surface area (Å²) in [4.78, 5) is 22.2. The van der Waals surface area contributed by atoms with Crippen LogP contribution in [0, 0.1) is 0 Å². The summed E-state index contributed by atoms with van der Waals surface area (Å²) in [5.74, 6) is -0.132. The van der Waals surface area contributed by atoms with Gasteiger partial charge in [0.05, 0.1) is 5.69 Å². The molecule has 1 aliphatic rings. The zero-order valence-corrected chi connectivity index (χ0v) is 14.4. The van der Waals surface area contributed by atoms with Crippen molar-refractivity contribution in [2.24, 2.45) is 0 Å². The quantitative estimate of drug-likeness (QED) is 0.838. The van der Waals surface area contributed by atoms with Crippen molar-refractivity contribution >= 4 is 21.9 Å². The fourth-order valence-corrected chi connectivity index (χ4v) is 2.80. The van der Waals surface area contributed by atoms with Gasteiger partial charge in [-0.3, -0.25) is 9.69 Å². The minimum atomic E-state index is -0.793. The Morgan fingerprint density at radius 3 is 2.65 bits per heavy atom. The Bertz CT molecular complexity index is 701. The number of aliphatic carboxylic acids is 1. The second-order valence-electron chi connectivity index (χ2n) is 5.80. The molecule has 1 aromatic heterocycles. The lowest BCUT2D eigenvalue weighted by Gasteiger charge is -2.25. The van der Waals surface area contributed by atoms with E-state index in [2.05, 4.69) is 25.9 Å². The molecule has 0 saturated heterocycles. The number of hydrogen-bond donors (Lipinski definition) is 1. The number of carboxylic acids is 1. The zero-order valence-electron chi connectivity index (χ0n) is 12.8. The molecule has 5 nitrogen and oxygen atoms in total. The molecule has 0 aliphatic heterocycles. The van der Waals surface area contributed by atoms with Crippen molar-refractivity contribution in [3.05, 3.63) is 46.7 Å². The molecule has 1 aliphatic carbocycles. The van der Waals surface area contributed by atoms with Crippen LogP contribution >= 0.6 is 15.9 Å². The van der Waals surface area contributed by atoms with Gasteiger partial charge in [-0.1, -0.05) is 28.1 Å². The minimum Gasteiger partial charge on any atom is -0.480 e. The fraction of sp³-hybridized carbons (Fsp3) is 0.353. The molecule has 6 heteroatoms. The van der Waals surface area contributed by atoms with Gasteiger partial charge in [-0.15, -0.1) is 0 Å². The maximum atomic E-state index is 11.3. The average Bonchev–Trinajstić information content (AvgIpc) is 3.37. The van der Waals surface area contributed by atoms with E-state index in [1.165, 1.54) is 0 Å². The third-order valence-corrected chi connectivity index (χ3v) is 4.56. The SMILES string of the molecule is CC(C(=O)O)N(Cc1ccnc(-c2ccc(Br)cc2)n1)C1CC1. The molecule has 3 rings (SSSR count). The van der Waals surface area contributed by atoms with E-state index in [1.54, 1.807) is 13.1 Å². The van der Waals surface area contributed by atoms with E-state index < -0.39 is 12.0 Å². The van der Waals surface area contributed by atoms with Crippen LogP contribution in [0.2, 0.25) is 0 Å². The summed E-state index contributed by atoms with van der Waals surface area (Å²) in [5.41, 5.74) is 1.79. The summed E-state index contributed by atoms with van der Waals surface area (Å²) in [6.45, 7) is 2.27. The Kier molecular flexibility index (Phi) is 4.73. The van der Waals surface area contributed by atoms with Gasteiger partial charge in [0.15, 0.2) is 5.82 Å². The second-order valence-corrected chi connectivity index (χ2v) is 6.71.